The maximum absolute atomic E-state index is 3.84. The molecule has 0 aromatic heterocycles. The summed E-state index contributed by atoms with van der Waals surface area (Å²) in [4.78, 5) is 2.77. The molecule has 1 atom stereocenters. The summed E-state index contributed by atoms with van der Waals surface area (Å²) in [5.74, 6) is 0.953. The number of hydrogen-bond acceptors (Lipinski definition) is 2. The van der Waals surface area contributed by atoms with Crippen molar-refractivity contribution in [2.75, 3.05) is 19.6 Å². The van der Waals surface area contributed by atoms with Gasteiger partial charge in [0.15, 0.2) is 0 Å². The monoisotopic (exact) mass is 252 g/mol. The molecular weight excluding hydrogens is 220 g/mol. The van der Waals surface area contributed by atoms with E-state index in [4.69, 9.17) is 0 Å². The molecule has 2 heteroatoms. The molecule has 1 N–H and O–H groups in total. The number of nitrogens with one attached hydrogen (secondary N) is 1. The first-order chi connectivity index (χ1) is 8.85. The molecule has 0 amide bonds. The van der Waals surface area contributed by atoms with Gasteiger partial charge in [0, 0.05) is 18.6 Å². The minimum absolute atomic E-state index is 0.764. The van der Waals surface area contributed by atoms with Crippen LogP contribution in [0.4, 0.5) is 0 Å². The van der Waals surface area contributed by atoms with Crippen LogP contribution in [-0.4, -0.2) is 36.6 Å². The van der Waals surface area contributed by atoms with Crippen LogP contribution < -0.4 is 5.32 Å². The van der Waals surface area contributed by atoms with Gasteiger partial charge in [-0.15, -0.1) is 0 Å². The van der Waals surface area contributed by atoms with Crippen LogP contribution in [0, 0.1) is 5.92 Å². The summed E-state index contributed by atoms with van der Waals surface area (Å²) in [6.07, 6.45) is 11.3. The topological polar surface area (TPSA) is 15.3 Å². The van der Waals surface area contributed by atoms with Crippen molar-refractivity contribution in [3.63, 3.8) is 0 Å². The van der Waals surface area contributed by atoms with Crippen LogP contribution in [-0.2, 0) is 0 Å². The summed E-state index contributed by atoms with van der Waals surface area (Å²) in [6, 6.07) is 1.69. The highest BCUT2D eigenvalue weighted by Gasteiger charge is 2.32. The molecule has 18 heavy (non-hydrogen) atoms. The maximum Gasteiger partial charge on any atom is 0.0223 e. The molecule has 2 fully saturated rings. The quantitative estimate of drug-likeness (QED) is 0.676. The van der Waals surface area contributed by atoms with Crippen molar-refractivity contribution >= 4 is 0 Å². The number of nitrogens with zero attached hydrogens (tertiary/aromatic N) is 1. The molecule has 0 spiro atoms. The average Bonchev–Trinajstić information content (AvgIpc) is 3.08. The largest absolute Gasteiger partial charge is 0.312 e. The van der Waals surface area contributed by atoms with Gasteiger partial charge in [-0.2, -0.15) is 0 Å². The van der Waals surface area contributed by atoms with Gasteiger partial charge in [0.25, 0.3) is 0 Å². The van der Waals surface area contributed by atoms with E-state index in [9.17, 15) is 0 Å². The fourth-order valence-electron chi connectivity index (χ4n) is 3.47. The molecule has 2 aliphatic rings. The zero-order valence-corrected chi connectivity index (χ0v) is 12.5. The Labute approximate surface area is 114 Å². The molecule has 2 rings (SSSR count). The van der Waals surface area contributed by atoms with Gasteiger partial charge >= 0.3 is 0 Å². The van der Waals surface area contributed by atoms with E-state index < -0.39 is 0 Å². The van der Waals surface area contributed by atoms with Crippen LogP contribution in [0.1, 0.15) is 65.2 Å². The molecule has 0 aliphatic heterocycles. The van der Waals surface area contributed by atoms with Gasteiger partial charge in [0.2, 0.25) is 0 Å². The first-order valence-electron chi connectivity index (χ1n) is 8.32. The van der Waals surface area contributed by atoms with Gasteiger partial charge in [0.1, 0.15) is 0 Å². The summed E-state index contributed by atoms with van der Waals surface area (Å²) in [7, 11) is 0. The van der Waals surface area contributed by atoms with E-state index in [1.807, 2.05) is 0 Å². The molecule has 0 bridgehead atoms. The van der Waals surface area contributed by atoms with Gasteiger partial charge < -0.3 is 5.32 Å². The molecule has 0 heterocycles. The molecule has 0 aromatic rings. The van der Waals surface area contributed by atoms with Crippen LogP contribution in [0.3, 0.4) is 0 Å². The predicted octanol–water partition coefficient (Wildman–Crippen LogP) is 3.42. The summed E-state index contributed by atoms with van der Waals surface area (Å²) >= 11 is 0. The summed E-state index contributed by atoms with van der Waals surface area (Å²) < 4.78 is 0. The Bertz CT molecular complexity index is 219. The summed E-state index contributed by atoms with van der Waals surface area (Å²) in [5.41, 5.74) is 0. The van der Waals surface area contributed by atoms with E-state index >= 15 is 0 Å². The van der Waals surface area contributed by atoms with Crippen molar-refractivity contribution in [3.8, 4) is 0 Å². The predicted molar refractivity (Wildman–Crippen MR) is 78.9 cm³/mol. The van der Waals surface area contributed by atoms with Gasteiger partial charge in [-0.1, -0.05) is 26.7 Å². The van der Waals surface area contributed by atoms with E-state index in [-0.39, 0.29) is 0 Å². The van der Waals surface area contributed by atoms with Crippen molar-refractivity contribution in [2.45, 2.75) is 77.3 Å². The lowest BCUT2D eigenvalue weighted by atomic mass is 9.97. The van der Waals surface area contributed by atoms with Gasteiger partial charge in [-0.3, -0.25) is 4.90 Å². The highest BCUT2D eigenvalue weighted by Crippen LogP contribution is 2.31. The van der Waals surface area contributed by atoms with Crippen LogP contribution in [0.2, 0.25) is 0 Å². The Morgan fingerprint density at radius 2 is 1.78 bits per heavy atom. The normalized spacial score (nSPS) is 22.8. The lowest BCUT2D eigenvalue weighted by Gasteiger charge is -2.31. The molecule has 0 saturated heterocycles. The van der Waals surface area contributed by atoms with Crippen molar-refractivity contribution in [3.05, 3.63) is 0 Å². The molecular formula is C16H32N2. The highest BCUT2D eigenvalue weighted by molar-refractivity contribution is 4.89. The second-order valence-corrected chi connectivity index (χ2v) is 6.33. The number of rotatable bonds is 9. The Kier molecular flexibility index (Phi) is 5.97. The third kappa shape index (κ3) is 4.24. The van der Waals surface area contributed by atoms with Gasteiger partial charge in [0.05, 0.1) is 0 Å². The Hall–Kier alpha value is -0.0800. The Morgan fingerprint density at radius 1 is 1.06 bits per heavy atom. The van der Waals surface area contributed by atoms with Crippen molar-refractivity contribution in [2.24, 2.45) is 5.92 Å². The number of hydrogen-bond donors (Lipinski definition) is 1. The third-order valence-electron chi connectivity index (χ3n) is 4.63. The fraction of sp³-hybridized carbons (Fsp3) is 1.00. The smallest absolute Gasteiger partial charge is 0.0223 e. The maximum atomic E-state index is 3.84. The molecule has 2 saturated carbocycles. The zero-order valence-electron chi connectivity index (χ0n) is 12.5. The lowest BCUT2D eigenvalue weighted by molar-refractivity contribution is 0.200. The third-order valence-corrected chi connectivity index (χ3v) is 4.63. The van der Waals surface area contributed by atoms with E-state index in [1.165, 1.54) is 71.0 Å². The van der Waals surface area contributed by atoms with E-state index in [2.05, 4.69) is 24.1 Å². The minimum atomic E-state index is 0.764. The molecule has 0 radical (unpaired) electrons. The van der Waals surface area contributed by atoms with Crippen molar-refractivity contribution < 1.29 is 0 Å². The van der Waals surface area contributed by atoms with E-state index in [0.717, 1.165) is 18.0 Å². The molecule has 106 valence electrons. The van der Waals surface area contributed by atoms with Crippen molar-refractivity contribution in [1.82, 2.24) is 10.2 Å². The Morgan fingerprint density at radius 3 is 2.33 bits per heavy atom. The average molecular weight is 252 g/mol. The summed E-state index contributed by atoms with van der Waals surface area (Å²) in [5, 5.41) is 3.84. The standard InChI is InChI=1S/C16H32N2/c1-3-11-17-16(14-7-5-6-8-14)13-18(12-4-2)15-9-10-15/h14-17H,3-13H2,1-2H3. The SMILES string of the molecule is CCCNC(CN(CCC)C1CC1)C1CCCC1. The van der Waals surface area contributed by atoms with Crippen LogP contribution in [0.15, 0.2) is 0 Å². The minimum Gasteiger partial charge on any atom is -0.312 e. The lowest BCUT2D eigenvalue weighted by Crippen LogP contribution is -2.46. The molecule has 2 aliphatic carbocycles. The molecule has 1 unspecified atom stereocenters. The molecule has 2 nitrogen and oxygen atoms in total. The van der Waals surface area contributed by atoms with Gasteiger partial charge in [-0.25, -0.2) is 0 Å². The summed E-state index contributed by atoms with van der Waals surface area (Å²) in [6.45, 7) is 8.42. The van der Waals surface area contributed by atoms with Crippen LogP contribution in [0.5, 0.6) is 0 Å². The Balaban J connectivity index is 1.85. The second kappa shape index (κ2) is 7.49. The second-order valence-electron chi connectivity index (χ2n) is 6.33. The fourth-order valence-corrected chi connectivity index (χ4v) is 3.47. The first-order valence-corrected chi connectivity index (χ1v) is 8.32. The first kappa shape index (κ1) is 14.3. The van der Waals surface area contributed by atoms with Crippen molar-refractivity contribution in [1.29, 1.82) is 0 Å². The highest BCUT2D eigenvalue weighted by atomic mass is 15.2. The van der Waals surface area contributed by atoms with Crippen LogP contribution in [0.25, 0.3) is 0 Å². The van der Waals surface area contributed by atoms with E-state index in [1.54, 1.807) is 0 Å². The zero-order chi connectivity index (χ0) is 12.8. The van der Waals surface area contributed by atoms with E-state index in [0.29, 0.717) is 0 Å². The van der Waals surface area contributed by atoms with Crippen LogP contribution >= 0.6 is 0 Å². The molecule has 0 aromatic carbocycles. The van der Waals surface area contributed by atoms with Gasteiger partial charge in [-0.05, 0) is 57.5 Å².